The Bertz CT molecular complexity index is 447. The molecule has 3 heteroatoms. The van der Waals surface area contributed by atoms with Crippen molar-refractivity contribution in [2.45, 2.75) is 46.1 Å². The maximum absolute atomic E-state index is 10.5. The fraction of sp³-hybridized carbons (Fsp3) is 0.667. The molecule has 0 saturated carbocycles. The number of piperidine rings is 1. The Morgan fingerprint density at radius 2 is 2.24 bits per heavy atom. The maximum Gasteiger partial charge on any atom is 0.125 e. The first kappa shape index (κ1) is 16.3. The minimum absolute atomic E-state index is 0.441. The van der Waals surface area contributed by atoms with Crippen molar-refractivity contribution in [1.82, 2.24) is 4.90 Å². The van der Waals surface area contributed by atoms with Gasteiger partial charge in [-0.25, -0.2) is 0 Å². The molecule has 2 atom stereocenters. The first-order valence-electron chi connectivity index (χ1n) is 8.24. The Balaban J connectivity index is 1.95. The van der Waals surface area contributed by atoms with Crippen LogP contribution in [0.4, 0.5) is 0 Å². The number of hydrogen-bond acceptors (Lipinski definition) is 3. The second kappa shape index (κ2) is 7.81. The maximum atomic E-state index is 10.5. The summed E-state index contributed by atoms with van der Waals surface area (Å²) in [5.74, 6) is 1.61. The molecule has 0 aromatic heterocycles. The van der Waals surface area contributed by atoms with Crippen molar-refractivity contribution in [2.24, 2.45) is 5.92 Å². The van der Waals surface area contributed by atoms with Gasteiger partial charge in [-0.15, -0.1) is 0 Å². The van der Waals surface area contributed by atoms with Crippen LogP contribution in [0.25, 0.3) is 0 Å². The number of aryl methyl sites for hydroxylation is 1. The number of nitrogens with zero attached hydrogens (tertiary/aromatic N) is 1. The molecule has 118 valence electrons. The molecule has 1 heterocycles. The molecule has 1 saturated heterocycles. The third-order valence-electron chi connectivity index (χ3n) is 4.28. The highest BCUT2D eigenvalue weighted by atomic mass is 16.5. The van der Waals surface area contributed by atoms with Crippen LogP contribution in [-0.2, 0) is 0 Å². The zero-order valence-corrected chi connectivity index (χ0v) is 13.6. The van der Waals surface area contributed by atoms with Gasteiger partial charge in [0.1, 0.15) is 5.75 Å². The van der Waals surface area contributed by atoms with Crippen LogP contribution in [0.1, 0.15) is 50.3 Å². The van der Waals surface area contributed by atoms with E-state index in [0.29, 0.717) is 6.61 Å². The normalized spacial score (nSPS) is 21.2. The lowest BCUT2D eigenvalue weighted by Crippen LogP contribution is -2.35. The topological polar surface area (TPSA) is 32.7 Å². The average Bonchev–Trinajstić information content (AvgIpc) is 2.47. The lowest BCUT2D eigenvalue weighted by Gasteiger charge is -2.31. The Kier molecular flexibility index (Phi) is 6.07. The highest BCUT2D eigenvalue weighted by Crippen LogP contribution is 2.29. The minimum Gasteiger partial charge on any atom is -0.493 e. The quantitative estimate of drug-likeness (QED) is 0.870. The van der Waals surface area contributed by atoms with Crippen LogP contribution in [0.15, 0.2) is 18.2 Å². The van der Waals surface area contributed by atoms with Crippen LogP contribution in [0.5, 0.6) is 5.75 Å². The molecule has 1 fully saturated rings. The van der Waals surface area contributed by atoms with Gasteiger partial charge in [-0.3, -0.25) is 0 Å². The van der Waals surface area contributed by atoms with E-state index < -0.39 is 6.10 Å². The number of benzene rings is 1. The minimum atomic E-state index is -0.441. The van der Waals surface area contributed by atoms with Crippen LogP contribution >= 0.6 is 0 Å². The molecule has 0 bridgehead atoms. The monoisotopic (exact) mass is 291 g/mol. The third kappa shape index (κ3) is 4.72. The van der Waals surface area contributed by atoms with Gasteiger partial charge in [-0.1, -0.05) is 18.6 Å². The molecule has 2 rings (SSSR count). The zero-order valence-electron chi connectivity index (χ0n) is 13.6. The zero-order chi connectivity index (χ0) is 15.2. The van der Waals surface area contributed by atoms with E-state index in [4.69, 9.17) is 4.74 Å². The van der Waals surface area contributed by atoms with Gasteiger partial charge in [0.2, 0.25) is 0 Å². The first-order valence-corrected chi connectivity index (χ1v) is 8.24. The predicted molar refractivity (Wildman–Crippen MR) is 86.8 cm³/mol. The van der Waals surface area contributed by atoms with Gasteiger partial charge in [-0.2, -0.15) is 0 Å². The van der Waals surface area contributed by atoms with E-state index in [1.165, 1.54) is 31.5 Å². The van der Waals surface area contributed by atoms with E-state index in [1.807, 2.05) is 19.1 Å². The van der Waals surface area contributed by atoms with Crippen molar-refractivity contribution in [1.29, 1.82) is 0 Å². The van der Waals surface area contributed by atoms with Crippen molar-refractivity contribution < 1.29 is 9.84 Å². The molecule has 0 spiro atoms. The van der Waals surface area contributed by atoms with Gasteiger partial charge in [0, 0.05) is 18.7 Å². The Morgan fingerprint density at radius 3 is 2.95 bits per heavy atom. The Labute approximate surface area is 128 Å². The number of hydrogen-bond donors (Lipinski definition) is 1. The Morgan fingerprint density at radius 1 is 1.43 bits per heavy atom. The van der Waals surface area contributed by atoms with E-state index in [0.717, 1.165) is 30.2 Å². The molecule has 21 heavy (non-hydrogen) atoms. The summed E-state index contributed by atoms with van der Waals surface area (Å²) in [6.07, 6.45) is 2.96. The summed E-state index contributed by atoms with van der Waals surface area (Å²) in [5.41, 5.74) is 2.10. The van der Waals surface area contributed by atoms with Crippen LogP contribution in [-0.4, -0.2) is 36.2 Å². The smallest absolute Gasteiger partial charge is 0.125 e. The van der Waals surface area contributed by atoms with Crippen molar-refractivity contribution in [3.8, 4) is 5.75 Å². The van der Waals surface area contributed by atoms with Crippen molar-refractivity contribution in [3.63, 3.8) is 0 Å². The second-order valence-electron chi connectivity index (χ2n) is 6.33. The van der Waals surface area contributed by atoms with E-state index in [2.05, 4.69) is 24.8 Å². The fourth-order valence-corrected chi connectivity index (χ4v) is 3.17. The summed E-state index contributed by atoms with van der Waals surface area (Å²) in [7, 11) is 0. The Hall–Kier alpha value is -1.06. The molecule has 0 aliphatic carbocycles. The molecule has 1 aliphatic heterocycles. The number of rotatable bonds is 6. The van der Waals surface area contributed by atoms with Gasteiger partial charge >= 0.3 is 0 Å². The molecule has 2 unspecified atom stereocenters. The fourth-order valence-electron chi connectivity index (χ4n) is 3.17. The molecule has 3 nitrogen and oxygen atoms in total. The predicted octanol–water partition coefficient (Wildman–Crippen LogP) is 3.55. The van der Waals surface area contributed by atoms with Gasteiger partial charge in [0.05, 0.1) is 12.7 Å². The van der Waals surface area contributed by atoms with Crippen molar-refractivity contribution >= 4 is 0 Å². The number of aliphatic hydroxyl groups excluding tert-OH is 1. The molecule has 0 amide bonds. The average molecular weight is 291 g/mol. The first-order chi connectivity index (χ1) is 10.1. The molecular formula is C18H29NO2. The van der Waals surface area contributed by atoms with E-state index in [9.17, 15) is 5.11 Å². The molecule has 1 aromatic rings. The molecule has 0 radical (unpaired) electrons. The molecule has 1 aliphatic rings. The lowest BCUT2D eigenvalue weighted by atomic mass is 9.99. The van der Waals surface area contributed by atoms with E-state index in [1.54, 1.807) is 0 Å². The molecule has 1 N–H and O–H groups in total. The van der Waals surface area contributed by atoms with Crippen molar-refractivity contribution in [3.05, 3.63) is 29.3 Å². The highest BCUT2D eigenvalue weighted by molar-refractivity contribution is 5.38. The number of likely N-dealkylation sites (tertiary alicyclic amines) is 1. The number of aliphatic hydroxyl groups is 1. The van der Waals surface area contributed by atoms with Crippen LogP contribution in [0.3, 0.4) is 0 Å². The highest BCUT2D eigenvalue weighted by Gasteiger charge is 2.19. The van der Waals surface area contributed by atoms with Gasteiger partial charge in [-0.05, 0) is 57.7 Å². The summed E-state index contributed by atoms with van der Waals surface area (Å²) in [4.78, 5) is 2.48. The summed E-state index contributed by atoms with van der Waals surface area (Å²) in [6, 6.07) is 6.06. The standard InChI is InChI=1S/C18H29NO2/c1-4-21-18-8-7-14(2)12-16(18)17(20)9-11-19-10-5-6-15(3)13-19/h7-8,12,15,17,20H,4-6,9-11,13H2,1-3H3. The SMILES string of the molecule is CCOc1ccc(C)cc1C(O)CCN1CCCC(C)C1. The summed E-state index contributed by atoms with van der Waals surface area (Å²) >= 11 is 0. The summed E-state index contributed by atoms with van der Waals surface area (Å²) in [6.45, 7) is 10.3. The van der Waals surface area contributed by atoms with Crippen LogP contribution < -0.4 is 4.74 Å². The summed E-state index contributed by atoms with van der Waals surface area (Å²) in [5, 5.41) is 10.5. The van der Waals surface area contributed by atoms with E-state index in [-0.39, 0.29) is 0 Å². The molecular weight excluding hydrogens is 262 g/mol. The van der Waals surface area contributed by atoms with Crippen molar-refractivity contribution in [2.75, 3.05) is 26.2 Å². The second-order valence-corrected chi connectivity index (χ2v) is 6.33. The summed E-state index contributed by atoms with van der Waals surface area (Å²) < 4.78 is 5.65. The van der Waals surface area contributed by atoms with Crippen LogP contribution in [0, 0.1) is 12.8 Å². The van der Waals surface area contributed by atoms with E-state index >= 15 is 0 Å². The lowest BCUT2D eigenvalue weighted by molar-refractivity contribution is 0.119. The van der Waals surface area contributed by atoms with Crippen LogP contribution in [0.2, 0.25) is 0 Å². The van der Waals surface area contributed by atoms with Gasteiger partial charge < -0.3 is 14.7 Å². The third-order valence-corrected chi connectivity index (χ3v) is 4.28. The number of ether oxygens (including phenoxy) is 1. The molecule has 1 aromatic carbocycles. The largest absolute Gasteiger partial charge is 0.493 e. The van der Waals surface area contributed by atoms with Gasteiger partial charge in [0.15, 0.2) is 0 Å². The van der Waals surface area contributed by atoms with Gasteiger partial charge in [0.25, 0.3) is 0 Å².